The lowest BCUT2D eigenvalue weighted by molar-refractivity contribution is -0.145. The minimum atomic E-state index is -1.64. The molecule has 9 nitrogen and oxygen atoms in total. The van der Waals surface area contributed by atoms with Crippen molar-refractivity contribution in [3.05, 3.63) is 47.8 Å². The largest absolute Gasteiger partial charge is 0.479 e. The summed E-state index contributed by atoms with van der Waals surface area (Å²) in [5.41, 5.74) is 4.10. The number of ether oxygens (including phenoxy) is 1. The van der Waals surface area contributed by atoms with Crippen LogP contribution in [-0.4, -0.2) is 51.9 Å². The Morgan fingerprint density at radius 1 is 1.32 bits per heavy atom. The number of para-hydroxylation sites is 1. The number of amides is 2. The molecule has 25 heavy (non-hydrogen) atoms. The van der Waals surface area contributed by atoms with Crippen molar-refractivity contribution < 1.29 is 24.2 Å². The summed E-state index contributed by atoms with van der Waals surface area (Å²) in [5, 5.41) is 15.7. The molecule has 0 aliphatic carbocycles. The molecule has 0 spiro atoms. The van der Waals surface area contributed by atoms with Crippen LogP contribution in [0.2, 0.25) is 0 Å². The standard InChI is InChI=1S/C16H18N4O5/c1-16(9-25-2,15(23)24)18-14(22)11-8-12(13(17)21)20(19-11)10-6-4-3-5-7-10/h3-8H,9H2,1-2H3,(H2,17,21)(H,18,22)(H,23,24). The molecule has 1 heterocycles. The Balaban J connectivity index is 2.38. The second kappa shape index (κ2) is 7.14. The van der Waals surface area contributed by atoms with Crippen LogP contribution in [0.1, 0.15) is 27.9 Å². The van der Waals surface area contributed by atoms with Gasteiger partial charge in [0.2, 0.25) is 0 Å². The van der Waals surface area contributed by atoms with Crippen LogP contribution in [0.25, 0.3) is 5.69 Å². The first-order valence-corrected chi connectivity index (χ1v) is 7.28. The van der Waals surface area contributed by atoms with Gasteiger partial charge in [-0.3, -0.25) is 9.59 Å². The summed E-state index contributed by atoms with van der Waals surface area (Å²) in [6.07, 6.45) is 0. The van der Waals surface area contributed by atoms with E-state index in [4.69, 9.17) is 10.5 Å². The van der Waals surface area contributed by atoms with Crippen LogP contribution >= 0.6 is 0 Å². The number of methoxy groups -OCH3 is 1. The van der Waals surface area contributed by atoms with E-state index in [1.165, 1.54) is 24.8 Å². The molecular formula is C16H18N4O5. The number of nitrogens with two attached hydrogens (primary N) is 1. The molecule has 0 aliphatic rings. The van der Waals surface area contributed by atoms with Crippen LogP contribution in [0.4, 0.5) is 0 Å². The number of primary amides is 1. The summed E-state index contributed by atoms with van der Waals surface area (Å²) >= 11 is 0. The number of carbonyl (C=O) groups is 3. The summed E-state index contributed by atoms with van der Waals surface area (Å²) in [5.74, 6) is -2.80. The number of carbonyl (C=O) groups excluding carboxylic acids is 2. The van der Waals surface area contributed by atoms with Crippen LogP contribution in [0, 0.1) is 0 Å². The molecule has 132 valence electrons. The number of nitrogens with zero attached hydrogens (tertiary/aromatic N) is 2. The van der Waals surface area contributed by atoms with E-state index in [1.807, 2.05) is 0 Å². The molecule has 0 saturated carbocycles. The molecule has 2 aromatic rings. The first-order valence-electron chi connectivity index (χ1n) is 7.28. The number of hydrogen-bond acceptors (Lipinski definition) is 5. The fourth-order valence-corrected chi connectivity index (χ4v) is 2.19. The lowest BCUT2D eigenvalue weighted by Crippen LogP contribution is -2.55. The van der Waals surface area contributed by atoms with Gasteiger partial charge < -0.3 is 20.9 Å². The molecule has 0 saturated heterocycles. The molecule has 1 atom stereocenters. The van der Waals surface area contributed by atoms with Crippen molar-refractivity contribution in [3.63, 3.8) is 0 Å². The Bertz CT molecular complexity index is 802. The molecule has 1 aromatic heterocycles. The third-order valence-corrected chi connectivity index (χ3v) is 3.49. The highest BCUT2D eigenvalue weighted by atomic mass is 16.5. The summed E-state index contributed by atoms with van der Waals surface area (Å²) in [4.78, 5) is 35.4. The predicted octanol–water partition coefficient (Wildman–Crippen LogP) is 0.191. The molecule has 0 bridgehead atoms. The lowest BCUT2D eigenvalue weighted by atomic mass is 10.0. The minimum Gasteiger partial charge on any atom is -0.479 e. The molecule has 2 rings (SSSR count). The van der Waals surface area contributed by atoms with Crippen molar-refractivity contribution in [1.29, 1.82) is 0 Å². The molecule has 0 radical (unpaired) electrons. The minimum absolute atomic E-state index is 0.000111. The molecule has 4 N–H and O–H groups in total. The molecule has 0 fully saturated rings. The van der Waals surface area contributed by atoms with E-state index in [-0.39, 0.29) is 18.0 Å². The number of aromatic nitrogens is 2. The SMILES string of the molecule is COCC(C)(NC(=O)c1cc(C(N)=O)n(-c2ccccc2)n1)C(=O)O. The number of carboxylic acids is 1. The predicted molar refractivity (Wildman–Crippen MR) is 87.5 cm³/mol. The fraction of sp³-hybridized carbons (Fsp3) is 0.250. The van der Waals surface area contributed by atoms with Crippen molar-refractivity contribution in [1.82, 2.24) is 15.1 Å². The number of carboxylic acid groups (broad SMARTS) is 1. The van der Waals surface area contributed by atoms with Gasteiger partial charge in [-0.05, 0) is 19.1 Å². The Labute approximate surface area is 143 Å². The average molecular weight is 346 g/mol. The second-order valence-electron chi connectivity index (χ2n) is 5.55. The quantitative estimate of drug-likeness (QED) is 0.654. The van der Waals surface area contributed by atoms with E-state index in [1.54, 1.807) is 30.3 Å². The van der Waals surface area contributed by atoms with Gasteiger partial charge in [0, 0.05) is 13.2 Å². The number of rotatable bonds is 7. The van der Waals surface area contributed by atoms with Gasteiger partial charge in [-0.25, -0.2) is 9.48 Å². The first-order chi connectivity index (χ1) is 11.8. The van der Waals surface area contributed by atoms with E-state index in [0.29, 0.717) is 5.69 Å². The zero-order chi connectivity index (χ0) is 18.6. The number of hydrogen-bond donors (Lipinski definition) is 3. The number of aliphatic carboxylic acids is 1. The lowest BCUT2D eigenvalue weighted by Gasteiger charge is -2.24. The Morgan fingerprint density at radius 3 is 2.48 bits per heavy atom. The molecule has 9 heteroatoms. The van der Waals surface area contributed by atoms with Gasteiger partial charge in [-0.1, -0.05) is 18.2 Å². The molecule has 0 aliphatic heterocycles. The van der Waals surface area contributed by atoms with Gasteiger partial charge in [-0.15, -0.1) is 0 Å². The van der Waals surface area contributed by atoms with Gasteiger partial charge in [0.15, 0.2) is 11.2 Å². The maximum atomic E-state index is 12.4. The van der Waals surface area contributed by atoms with Crippen LogP contribution in [-0.2, 0) is 9.53 Å². The number of benzene rings is 1. The summed E-state index contributed by atoms with van der Waals surface area (Å²) < 4.78 is 6.07. The Morgan fingerprint density at radius 2 is 1.96 bits per heavy atom. The third kappa shape index (κ3) is 3.83. The van der Waals surface area contributed by atoms with E-state index in [2.05, 4.69) is 10.4 Å². The van der Waals surface area contributed by atoms with Crippen LogP contribution < -0.4 is 11.1 Å². The summed E-state index contributed by atoms with van der Waals surface area (Å²) in [7, 11) is 1.32. The van der Waals surface area contributed by atoms with Crippen molar-refractivity contribution in [2.24, 2.45) is 5.73 Å². The zero-order valence-corrected chi connectivity index (χ0v) is 13.7. The third-order valence-electron chi connectivity index (χ3n) is 3.49. The van der Waals surface area contributed by atoms with Gasteiger partial charge in [0.1, 0.15) is 5.69 Å². The highest BCUT2D eigenvalue weighted by molar-refractivity contribution is 5.99. The molecular weight excluding hydrogens is 328 g/mol. The van der Waals surface area contributed by atoms with Crippen molar-refractivity contribution in [2.45, 2.75) is 12.5 Å². The molecule has 1 aromatic carbocycles. The monoisotopic (exact) mass is 346 g/mol. The maximum Gasteiger partial charge on any atom is 0.331 e. The Hall–Kier alpha value is -3.20. The van der Waals surface area contributed by atoms with E-state index in [9.17, 15) is 19.5 Å². The highest BCUT2D eigenvalue weighted by Crippen LogP contribution is 2.14. The van der Waals surface area contributed by atoms with Crippen molar-refractivity contribution in [3.8, 4) is 5.69 Å². The van der Waals surface area contributed by atoms with Crippen molar-refractivity contribution >= 4 is 17.8 Å². The fourth-order valence-electron chi connectivity index (χ4n) is 2.19. The summed E-state index contributed by atoms with van der Waals surface area (Å²) in [6.45, 7) is 1.07. The Kier molecular flexibility index (Phi) is 5.18. The maximum absolute atomic E-state index is 12.4. The van der Waals surface area contributed by atoms with E-state index < -0.39 is 23.3 Å². The first kappa shape index (κ1) is 18.1. The van der Waals surface area contributed by atoms with E-state index in [0.717, 1.165) is 0 Å². The average Bonchev–Trinajstić information content (AvgIpc) is 3.01. The van der Waals surface area contributed by atoms with Gasteiger partial charge in [0.05, 0.1) is 12.3 Å². The van der Waals surface area contributed by atoms with Crippen molar-refractivity contribution in [2.75, 3.05) is 13.7 Å². The van der Waals surface area contributed by atoms with Gasteiger partial charge >= 0.3 is 5.97 Å². The molecule has 1 unspecified atom stereocenters. The normalized spacial score (nSPS) is 13.0. The topological polar surface area (TPSA) is 137 Å². The number of nitrogens with one attached hydrogen (secondary N) is 1. The highest BCUT2D eigenvalue weighted by Gasteiger charge is 2.36. The van der Waals surface area contributed by atoms with Gasteiger partial charge in [0.25, 0.3) is 11.8 Å². The van der Waals surface area contributed by atoms with Crippen LogP contribution in [0.5, 0.6) is 0 Å². The smallest absolute Gasteiger partial charge is 0.331 e. The van der Waals surface area contributed by atoms with Gasteiger partial charge in [-0.2, -0.15) is 5.10 Å². The van der Waals surface area contributed by atoms with E-state index >= 15 is 0 Å². The van der Waals surface area contributed by atoms with Crippen LogP contribution in [0.15, 0.2) is 36.4 Å². The second-order valence-corrected chi connectivity index (χ2v) is 5.55. The zero-order valence-electron chi connectivity index (χ0n) is 13.7. The summed E-state index contributed by atoms with van der Waals surface area (Å²) in [6, 6.07) is 9.84. The molecule has 2 amide bonds. The van der Waals surface area contributed by atoms with Crippen LogP contribution in [0.3, 0.4) is 0 Å².